The summed E-state index contributed by atoms with van der Waals surface area (Å²) in [5, 5.41) is 24.7. The lowest BCUT2D eigenvalue weighted by atomic mass is 9.80. The minimum absolute atomic E-state index is 0.197. The minimum Gasteiger partial charge on any atom is -0.489 e. The molecule has 3 unspecified atom stereocenters. The third kappa shape index (κ3) is 5.90. The van der Waals surface area contributed by atoms with Crippen molar-refractivity contribution in [2.75, 3.05) is 11.9 Å². The average molecular weight is 432 g/mol. The van der Waals surface area contributed by atoms with Crippen molar-refractivity contribution in [1.82, 2.24) is 9.97 Å². The van der Waals surface area contributed by atoms with Gasteiger partial charge in [-0.05, 0) is 44.4 Å². The summed E-state index contributed by atoms with van der Waals surface area (Å²) in [5.41, 5.74) is 12.5. The summed E-state index contributed by atoms with van der Waals surface area (Å²) in [6, 6.07) is 3.53. The monoisotopic (exact) mass is 431 g/mol. The molecule has 2 rings (SSSR count). The van der Waals surface area contributed by atoms with E-state index in [4.69, 9.17) is 16.2 Å². The highest BCUT2D eigenvalue weighted by Crippen LogP contribution is 2.33. The van der Waals surface area contributed by atoms with Gasteiger partial charge in [0.1, 0.15) is 29.9 Å². The quantitative estimate of drug-likeness (QED) is 0.384. The maximum atomic E-state index is 11.4. The summed E-state index contributed by atoms with van der Waals surface area (Å²) in [6.07, 6.45) is 2.07. The van der Waals surface area contributed by atoms with E-state index in [1.54, 1.807) is 32.2 Å². The van der Waals surface area contributed by atoms with Crippen LogP contribution in [0.4, 0.5) is 10.5 Å². The zero-order valence-electron chi connectivity index (χ0n) is 18.6. The van der Waals surface area contributed by atoms with E-state index in [-0.39, 0.29) is 6.61 Å². The van der Waals surface area contributed by atoms with Gasteiger partial charge in [0.15, 0.2) is 0 Å². The number of aryl methyl sites for hydroxylation is 3. The minimum atomic E-state index is -1.53. The van der Waals surface area contributed by atoms with E-state index in [2.05, 4.69) is 15.3 Å². The van der Waals surface area contributed by atoms with E-state index >= 15 is 0 Å². The Morgan fingerprint density at radius 2 is 2.03 bits per heavy atom. The molecule has 0 spiro atoms. The Morgan fingerprint density at radius 1 is 1.32 bits per heavy atom. The summed E-state index contributed by atoms with van der Waals surface area (Å²) in [5.74, 6) is 0.929. The number of aliphatic hydroxyl groups is 2. The fourth-order valence-corrected chi connectivity index (χ4v) is 3.62. The van der Waals surface area contributed by atoms with Crippen LogP contribution in [0.25, 0.3) is 0 Å². The molecule has 9 nitrogen and oxygen atoms in total. The third-order valence-corrected chi connectivity index (χ3v) is 5.28. The second-order valence-electron chi connectivity index (χ2n) is 7.67. The third-order valence-electron chi connectivity index (χ3n) is 5.28. The second kappa shape index (κ2) is 10.5. The average Bonchev–Trinajstić information content (AvgIpc) is 2.71. The molecule has 0 saturated heterocycles. The number of aromatic nitrogens is 2. The van der Waals surface area contributed by atoms with Crippen LogP contribution in [0.3, 0.4) is 0 Å². The van der Waals surface area contributed by atoms with Crippen molar-refractivity contribution in [3.63, 3.8) is 0 Å². The number of benzene rings is 1. The molecule has 2 aromatic rings. The predicted molar refractivity (Wildman–Crippen MR) is 119 cm³/mol. The van der Waals surface area contributed by atoms with Gasteiger partial charge in [0.2, 0.25) is 0 Å². The topological polar surface area (TPSA) is 157 Å². The van der Waals surface area contributed by atoms with Crippen molar-refractivity contribution in [2.45, 2.75) is 64.7 Å². The molecule has 0 radical (unpaired) electrons. The number of urea groups is 1. The highest BCUT2D eigenvalue weighted by molar-refractivity contribution is 5.89. The molecule has 0 bridgehead atoms. The van der Waals surface area contributed by atoms with Gasteiger partial charge in [-0.3, -0.25) is 0 Å². The Balaban J connectivity index is 2.23. The van der Waals surface area contributed by atoms with Crippen LogP contribution < -0.4 is 21.5 Å². The Bertz CT molecular complexity index is 907. The first-order valence-corrected chi connectivity index (χ1v) is 10.4. The molecule has 7 N–H and O–H groups in total. The van der Waals surface area contributed by atoms with Gasteiger partial charge < -0.3 is 31.7 Å². The first-order valence-electron chi connectivity index (χ1n) is 10.4. The maximum Gasteiger partial charge on any atom is 0.316 e. The molecule has 3 atom stereocenters. The summed E-state index contributed by atoms with van der Waals surface area (Å²) in [4.78, 5) is 19.8. The molecule has 0 aliphatic carbocycles. The summed E-state index contributed by atoms with van der Waals surface area (Å²) in [6.45, 7) is 7.25. The number of hydrogen-bond donors (Lipinski definition) is 5. The van der Waals surface area contributed by atoms with E-state index in [1.807, 2.05) is 19.9 Å². The van der Waals surface area contributed by atoms with Crippen molar-refractivity contribution in [2.24, 2.45) is 11.5 Å². The number of primary amides is 1. The predicted octanol–water partition coefficient (Wildman–Crippen LogP) is 1.90. The SMILES string of the molecule is CCCC(O)(c1cnc(C)nc1C)C(N)C(O)COc1ccc(CC)cc1NC(N)=O. The van der Waals surface area contributed by atoms with Crippen molar-refractivity contribution < 1.29 is 19.7 Å². The van der Waals surface area contributed by atoms with Crippen molar-refractivity contribution in [3.8, 4) is 5.75 Å². The van der Waals surface area contributed by atoms with Gasteiger partial charge in [0.25, 0.3) is 0 Å². The Kier molecular flexibility index (Phi) is 8.32. The van der Waals surface area contributed by atoms with Crippen molar-refractivity contribution in [3.05, 3.63) is 47.0 Å². The summed E-state index contributed by atoms with van der Waals surface area (Å²) in [7, 11) is 0. The lowest BCUT2D eigenvalue weighted by Crippen LogP contribution is -2.54. The normalized spacial score (nSPS) is 15.1. The van der Waals surface area contributed by atoms with Crippen LogP contribution in [0.15, 0.2) is 24.4 Å². The number of hydrogen-bond acceptors (Lipinski definition) is 7. The Hall–Kier alpha value is -2.75. The molecule has 9 heteroatoms. The molecule has 0 fully saturated rings. The van der Waals surface area contributed by atoms with Crippen LogP contribution in [0.2, 0.25) is 0 Å². The van der Waals surface area contributed by atoms with Crippen LogP contribution in [0, 0.1) is 13.8 Å². The van der Waals surface area contributed by atoms with Crippen molar-refractivity contribution >= 4 is 11.7 Å². The van der Waals surface area contributed by atoms with Gasteiger partial charge in [0.05, 0.1) is 11.7 Å². The van der Waals surface area contributed by atoms with Crippen LogP contribution >= 0.6 is 0 Å². The van der Waals surface area contributed by atoms with Crippen LogP contribution in [0.1, 0.15) is 49.3 Å². The van der Waals surface area contributed by atoms with Gasteiger partial charge in [-0.15, -0.1) is 0 Å². The molecule has 0 saturated carbocycles. The van der Waals surface area contributed by atoms with E-state index in [1.165, 1.54) is 0 Å². The number of nitrogens with two attached hydrogens (primary N) is 2. The molecular weight excluding hydrogens is 398 g/mol. The lowest BCUT2D eigenvalue weighted by Gasteiger charge is -2.37. The molecule has 0 aliphatic rings. The lowest BCUT2D eigenvalue weighted by molar-refractivity contribution is -0.0551. The fourth-order valence-electron chi connectivity index (χ4n) is 3.62. The number of rotatable bonds is 10. The van der Waals surface area contributed by atoms with Crippen LogP contribution in [-0.2, 0) is 12.0 Å². The van der Waals surface area contributed by atoms with E-state index in [0.717, 1.165) is 12.0 Å². The first kappa shape index (κ1) is 24.5. The van der Waals surface area contributed by atoms with Crippen molar-refractivity contribution in [1.29, 1.82) is 0 Å². The van der Waals surface area contributed by atoms with E-state index in [9.17, 15) is 15.0 Å². The van der Waals surface area contributed by atoms with Crippen LogP contribution in [0.5, 0.6) is 5.75 Å². The van der Waals surface area contributed by atoms with Crippen LogP contribution in [-0.4, -0.2) is 45.0 Å². The number of ether oxygens (including phenoxy) is 1. The molecule has 0 aliphatic heterocycles. The Morgan fingerprint density at radius 3 is 2.61 bits per heavy atom. The van der Waals surface area contributed by atoms with E-state index in [0.29, 0.717) is 41.4 Å². The van der Waals surface area contributed by atoms with E-state index < -0.39 is 23.8 Å². The standard InChI is InChI=1S/C22H33N5O4/c1-5-9-22(30,16-11-25-14(4)26-13(16)3)20(23)18(28)12-31-19-8-7-15(6-2)10-17(19)27-21(24)29/h7-8,10-11,18,20,28,30H,5-6,9,12,23H2,1-4H3,(H3,24,27,29). The highest BCUT2D eigenvalue weighted by atomic mass is 16.5. The molecule has 31 heavy (non-hydrogen) atoms. The zero-order valence-corrected chi connectivity index (χ0v) is 18.6. The van der Waals surface area contributed by atoms with Gasteiger partial charge in [-0.1, -0.05) is 26.3 Å². The second-order valence-corrected chi connectivity index (χ2v) is 7.67. The van der Waals surface area contributed by atoms with Gasteiger partial charge in [-0.2, -0.15) is 0 Å². The number of amides is 2. The number of aliphatic hydroxyl groups excluding tert-OH is 1. The molecule has 1 aromatic carbocycles. The smallest absolute Gasteiger partial charge is 0.316 e. The number of carbonyl (C=O) groups excluding carboxylic acids is 1. The molecular formula is C22H33N5O4. The molecule has 1 heterocycles. The number of anilines is 1. The molecule has 2 amide bonds. The summed E-state index contributed by atoms with van der Waals surface area (Å²) < 4.78 is 5.74. The molecule has 1 aromatic heterocycles. The largest absolute Gasteiger partial charge is 0.489 e. The molecule has 170 valence electrons. The maximum absolute atomic E-state index is 11.4. The number of nitrogens with zero attached hydrogens (tertiary/aromatic N) is 2. The van der Waals surface area contributed by atoms with Gasteiger partial charge >= 0.3 is 6.03 Å². The van der Waals surface area contributed by atoms with Gasteiger partial charge in [-0.25, -0.2) is 14.8 Å². The van der Waals surface area contributed by atoms with Gasteiger partial charge in [0, 0.05) is 17.5 Å². The zero-order chi connectivity index (χ0) is 23.2. The highest BCUT2D eigenvalue weighted by Gasteiger charge is 2.41. The number of nitrogens with one attached hydrogen (secondary N) is 1. The Labute approximate surface area is 182 Å². The summed E-state index contributed by atoms with van der Waals surface area (Å²) >= 11 is 0. The fraction of sp³-hybridized carbons (Fsp3) is 0.500. The first-order chi connectivity index (χ1) is 14.6. The number of carbonyl (C=O) groups is 1.